The van der Waals surface area contributed by atoms with Crippen LogP contribution in [0.3, 0.4) is 0 Å². The van der Waals surface area contributed by atoms with Crippen LogP contribution in [0.25, 0.3) is 0 Å². The van der Waals surface area contributed by atoms with Crippen molar-refractivity contribution in [1.29, 1.82) is 0 Å². The fraction of sp³-hybridized carbons (Fsp3) is 0.533. The zero-order valence-electron chi connectivity index (χ0n) is 12.4. The van der Waals surface area contributed by atoms with Crippen LogP contribution in [0.15, 0.2) is 24.7 Å². The molecular formula is C15H22N6. The van der Waals surface area contributed by atoms with Crippen molar-refractivity contribution in [2.75, 3.05) is 25.5 Å². The molecule has 112 valence electrons. The number of aromatic amines is 1. The summed E-state index contributed by atoms with van der Waals surface area (Å²) in [6.07, 6.45) is 7.19. The minimum absolute atomic E-state index is 0.663. The number of aromatic nitrogens is 4. The van der Waals surface area contributed by atoms with Gasteiger partial charge >= 0.3 is 0 Å². The van der Waals surface area contributed by atoms with Crippen molar-refractivity contribution in [1.82, 2.24) is 25.1 Å². The molecule has 6 nitrogen and oxygen atoms in total. The molecule has 1 aliphatic heterocycles. The fourth-order valence-corrected chi connectivity index (χ4v) is 2.97. The van der Waals surface area contributed by atoms with E-state index in [1.165, 1.54) is 25.1 Å². The van der Waals surface area contributed by atoms with Crippen LogP contribution in [0.2, 0.25) is 0 Å². The van der Waals surface area contributed by atoms with Gasteiger partial charge in [-0.05, 0) is 43.9 Å². The maximum atomic E-state index is 4.30. The topological polar surface area (TPSA) is 69.7 Å². The van der Waals surface area contributed by atoms with Crippen molar-refractivity contribution in [3.63, 3.8) is 0 Å². The predicted molar refractivity (Wildman–Crippen MR) is 81.9 cm³/mol. The molecule has 1 unspecified atom stereocenters. The summed E-state index contributed by atoms with van der Waals surface area (Å²) in [7, 11) is 1.86. The lowest BCUT2D eigenvalue weighted by Crippen LogP contribution is -2.35. The van der Waals surface area contributed by atoms with Gasteiger partial charge < -0.3 is 10.3 Å². The summed E-state index contributed by atoms with van der Waals surface area (Å²) < 4.78 is 0. The van der Waals surface area contributed by atoms with Gasteiger partial charge in [0.05, 0.1) is 12.0 Å². The van der Waals surface area contributed by atoms with Crippen LogP contribution < -0.4 is 5.32 Å². The number of likely N-dealkylation sites (tertiary alicyclic amines) is 1. The minimum Gasteiger partial charge on any atom is -0.372 e. The molecule has 0 radical (unpaired) electrons. The van der Waals surface area contributed by atoms with Crippen LogP contribution in [-0.4, -0.2) is 45.2 Å². The summed E-state index contributed by atoms with van der Waals surface area (Å²) in [5.74, 6) is 1.49. The number of nitrogens with one attached hydrogen (secondary N) is 2. The lowest BCUT2D eigenvalue weighted by atomic mass is 9.93. The molecule has 2 aromatic rings. The quantitative estimate of drug-likeness (QED) is 0.875. The van der Waals surface area contributed by atoms with E-state index in [0.29, 0.717) is 5.92 Å². The van der Waals surface area contributed by atoms with Crippen molar-refractivity contribution in [2.45, 2.75) is 25.8 Å². The number of hydrogen-bond acceptors (Lipinski definition) is 5. The van der Waals surface area contributed by atoms with Gasteiger partial charge in [0, 0.05) is 32.0 Å². The van der Waals surface area contributed by atoms with Gasteiger partial charge in [0.25, 0.3) is 0 Å². The summed E-state index contributed by atoms with van der Waals surface area (Å²) in [6.45, 7) is 3.25. The number of hydrogen-bond donors (Lipinski definition) is 2. The van der Waals surface area contributed by atoms with Gasteiger partial charge in [0.2, 0.25) is 0 Å². The normalized spacial score (nSPS) is 19.6. The average molecular weight is 286 g/mol. The molecule has 1 fully saturated rings. The van der Waals surface area contributed by atoms with Crippen LogP contribution in [0, 0.1) is 5.92 Å². The molecule has 0 amide bonds. The van der Waals surface area contributed by atoms with E-state index in [1.54, 1.807) is 6.33 Å². The molecule has 21 heavy (non-hydrogen) atoms. The number of H-pyrrole nitrogens is 1. The third kappa shape index (κ3) is 3.78. The molecule has 1 saturated heterocycles. The van der Waals surface area contributed by atoms with Crippen LogP contribution in [-0.2, 0) is 13.0 Å². The van der Waals surface area contributed by atoms with Crippen LogP contribution in [0.5, 0.6) is 0 Å². The minimum atomic E-state index is 0.663. The second-order valence-corrected chi connectivity index (χ2v) is 5.68. The molecule has 2 aromatic heterocycles. The monoisotopic (exact) mass is 286 g/mol. The first-order valence-corrected chi connectivity index (χ1v) is 7.53. The first kappa shape index (κ1) is 14.0. The Bertz CT molecular complexity index is 536. The predicted octanol–water partition coefficient (Wildman–Crippen LogP) is 1.70. The summed E-state index contributed by atoms with van der Waals surface area (Å²) >= 11 is 0. The Balaban J connectivity index is 1.55. The lowest BCUT2D eigenvalue weighted by Gasteiger charge is -2.32. The lowest BCUT2D eigenvalue weighted by molar-refractivity contribution is 0.165. The van der Waals surface area contributed by atoms with Crippen molar-refractivity contribution in [3.8, 4) is 0 Å². The van der Waals surface area contributed by atoms with E-state index < -0.39 is 0 Å². The van der Waals surface area contributed by atoms with Crippen molar-refractivity contribution >= 4 is 5.82 Å². The third-order valence-corrected chi connectivity index (χ3v) is 4.03. The fourth-order valence-electron chi connectivity index (χ4n) is 2.97. The van der Waals surface area contributed by atoms with Gasteiger partial charge in [0.1, 0.15) is 5.82 Å². The van der Waals surface area contributed by atoms with Gasteiger partial charge in [-0.1, -0.05) is 0 Å². The van der Waals surface area contributed by atoms with Crippen LogP contribution in [0.1, 0.15) is 24.2 Å². The van der Waals surface area contributed by atoms with Gasteiger partial charge in [-0.15, -0.1) is 5.10 Å². The molecule has 0 aromatic carbocycles. The Labute approximate surface area is 125 Å². The number of nitrogens with zero attached hydrogens (tertiary/aromatic N) is 4. The SMILES string of the molecule is CNc1ccc(CC2CCCN(Cc3cnc[nH]3)C2)nn1. The second kappa shape index (κ2) is 6.67. The zero-order chi connectivity index (χ0) is 14.5. The van der Waals surface area contributed by atoms with Gasteiger partial charge in [0.15, 0.2) is 0 Å². The smallest absolute Gasteiger partial charge is 0.148 e. The van der Waals surface area contributed by atoms with E-state index in [4.69, 9.17) is 0 Å². The molecule has 2 N–H and O–H groups in total. The molecular weight excluding hydrogens is 264 g/mol. The molecule has 0 spiro atoms. The summed E-state index contributed by atoms with van der Waals surface area (Å²) in [5, 5.41) is 11.5. The number of piperidine rings is 1. The molecule has 1 aliphatic rings. The molecule has 1 atom stereocenters. The summed E-state index contributed by atoms with van der Waals surface area (Å²) in [5.41, 5.74) is 2.27. The molecule has 6 heteroatoms. The van der Waals surface area contributed by atoms with E-state index >= 15 is 0 Å². The first-order chi connectivity index (χ1) is 10.3. The Morgan fingerprint density at radius 2 is 2.33 bits per heavy atom. The number of anilines is 1. The van der Waals surface area contributed by atoms with E-state index in [0.717, 1.165) is 31.0 Å². The average Bonchev–Trinajstić information content (AvgIpc) is 3.01. The van der Waals surface area contributed by atoms with Crippen molar-refractivity contribution in [3.05, 3.63) is 36.0 Å². The molecule has 3 heterocycles. The molecule has 0 saturated carbocycles. The van der Waals surface area contributed by atoms with E-state index in [9.17, 15) is 0 Å². The Morgan fingerprint density at radius 1 is 1.38 bits per heavy atom. The Hall–Kier alpha value is -1.95. The third-order valence-electron chi connectivity index (χ3n) is 4.03. The highest BCUT2D eigenvalue weighted by molar-refractivity contribution is 5.31. The van der Waals surface area contributed by atoms with E-state index in [-0.39, 0.29) is 0 Å². The van der Waals surface area contributed by atoms with Crippen molar-refractivity contribution < 1.29 is 0 Å². The number of imidazole rings is 1. The summed E-state index contributed by atoms with van der Waals surface area (Å²) in [6, 6.07) is 4.07. The van der Waals surface area contributed by atoms with Crippen LogP contribution in [0.4, 0.5) is 5.82 Å². The van der Waals surface area contributed by atoms with Gasteiger partial charge in [-0.2, -0.15) is 5.10 Å². The van der Waals surface area contributed by atoms with E-state index in [2.05, 4.69) is 36.4 Å². The number of rotatable bonds is 5. The first-order valence-electron chi connectivity index (χ1n) is 7.53. The largest absolute Gasteiger partial charge is 0.372 e. The Kier molecular flexibility index (Phi) is 4.45. The highest BCUT2D eigenvalue weighted by atomic mass is 15.2. The highest BCUT2D eigenvalue weighted by Crippen LogP contribution is 2.21. The molecule has 0 bridgehead atoms. The van der Waals surface area contributed by atoms with Gasteiger partial charge in [-0.25, -0.2) is 4.98 Å². The molecule has 0 aliphatic carbocycles. The highest BCUT2D eigenvalue weighted by Gasteiger charge is 2.21. The zero-order valence-corrected chi connectivity index (χ0v) is 12.4. The Morgan fingerprint density at radius 3 is 3.05 bits per heavy atom. The van der Waals surface area contributed by atoms with Crippen molar-refractivity contribution in [2.24, 2.45) is 5.92 Å². The molecule has 3 rings (SSSR count). The second-order valence-electron chi connectivity index (χ2n) is 5.68. The van der Waals surface area contributed by atoms with Gasteiger partial charge in [-0.3, -0.25) is 4.90 Å². The standard InChI is InChI=1S/C15H22N6/c1-16-15-5-4-13(19-20-15)7-12-3-2-6-21(9-12)10-14-8-17-11-18-14/h4-5,8,11-12H,2-3,6-7,9-10H2,1H3,(H,16,20)(H,17,18). The van der Waals surface area contributed by atoms with Crippen LogP contribution >= 0.6 is 0 Å². The maximum Gasteiger partial charge on any atom is 0.148 e. The summed E-state index contributed by atoms with van der Waals surface area (Å²) in [4.78, 5) is 9.76. The maximum absolute atomic E-state index is 4.30. The van der Waals surface area contributed by atoms with E-state index in [1.807, 2.05) is 19.3 Å².